The molecule has 0 aliphatic carbocycles. The molecule has 5 heteroatoms. The molecule has 1 rings (SSSR count). The molecule has 0 radical (unpaired) electrons. The van der Waals surface area contributed by atoms with Crippen LogP contribution in [0.5, 0.6) is 0 Å². The number of nitrogens with zero attached hydrogens (tertiary/aromatic N) is 3. The van der Waals surface area contributed by atoms with Gasteiger partial charge in [-0.25, -0.2) is 0 Å². The van der Waals surface area contributed by atoms with Gasteiger partial charge in [-0.2, -0.15) is 0 Å². The monoisotopic (exact) mass is 171 g/mol. The van der Waals surface area contributed by atoms with Gasteiger partial charge in [0, 0.05) is 18.1 Å². The summed E-state index contributed by atoms with van der Waals surface area (Å²) in [6, 6.07) is 0. The average Bonchev–Trinajstić information content (AvgIpc) is 2.14. The van der Waals surface area contributed by atoms with E-state index in [9.17, 15) is 0 Å². The molecule has 1 unspecified atom stereocenters. The number of azide groups is 1. The fraction of sp³-hybridized carbons (Fsp3) is 1.00. The minimum atomic E-state index is -0.0763. The van der Waals surface area contributed by atoms with Gasteiger partial charge in [0.1, 0.15) is 0 Å². The highest BCUT2D eigenvalue weighted by atomic mass is 16.7. The van der Waals surface area contributed by atoms with Gasteiger partial charge < -0.3 is 9.47 Å². The zero-order valence-electron chi connectivity index (χ0n) is 6.98. The summed E-state index contributed by atoms with van der Waals surface area (Å²) in [6.45, 7) is 1.62. The quantitative estimate of drug-likeness (QED) is 0.280. The minimum Gasteiger partial charge on any atom is -0.353 e. The molecule has 68 valence electrons. The maximum absolute atomic E-state index is 7.97. The second-order valence-electron chi connectivity index (χ2n) is 2.62. The fourth-order valence-electron chi connectivity index (χ4n) is 1.11. The third kappa shape index (κ3) is 3.57. The summed E-state index contributed by atoms with van der Waals surface area (Å²) >= 11 is 0. The Kier molecular flexibility index (Phi) is 4.52. The second kappa shape index (κ2) is 5.83. The van der Waals surface area contributed by atoms with Crippen LogP contribution in [0.1, 0.15) is 19.3 Å². The van der Waals surface area contributed by atoms with Crippen molar-refractivity contribution in [3.05, 3.63) is 10.4 Å². The van der Waals surface area contributed by atoms with Gasteiger partial charge in [0.25, 0.3) is 0 Å². The maximum Gasteiger partial charge on any atom is 0.157 e. The summed E-state index contributed by atoms with van der Waals surface area (Å²) in [6.07, 6.45) is 3.16. The predicted octanol–water partition coefficient (Wildman–Crippen LogP) is 1.84. The number of hydrogen-bond donors (Lipinski definition) is 0. The zero-order chi connectivity index (χ0) is 8.65. The summed E-state index contributed by atoms with van der Waals surface area (Å²) in [4.78, 5) is 2.62. The SMILES string of the molecule is [N-]=[N+]=NCCOC1CCCCO1. The van der Waals surface area contributed by atoms with Crippen molar-refractivity contribution in [3.8, 4) is 0 Å². The molecule has 0 spiro atoms. The Morgan fingerprint density at radius 1 is 1.58 bits per heavy atom. The molecule has 5 nitrogen and oxygen atoms in total. The molecule has 0 aromatic heterocycles. The average molecular weight is 171 g/mol. The van der Waals surface area contributed by atoms with Gasteiger partial charge in [0.05, 0.1) is 6.61 Å². The molecule has 0 aromatic carbocycles. The Morgan fingerprint density at radius 2 is 2.50 bits per heavy atom. The van der Waals surface area contributed by atoms with E-state index in [1.807, 2.05) is 0 Å². The Bertz CT molecular complexity index is 162. The van der Waals surface area contributed by atoms with Crippen molar-refractivity contribution in [1.82, 2.24) is 0 Å². The van der Waals surface area contributed by atoms with E-state index in [2.05, 4.69) is 10.0 Å². The van der Waals surface area contributed by atoms with Crippen LogP contribution in [0.15, 0.2) is 5.11 Å². The number of ether oxygens (including phenoxy) is 2. The first-order chi connectivity index (χ1) is 5.93. The second-order valence-corrected chi connectivity index (χ2v) is 2.62. The summed E-state index contributed by atoms with van der Waals surface area (Å²) in [5.41, 5.74) is 7.97. The van der Waals surface area contributed by atoms with E-state index in [4.69, 9.17) is 15.0 Å². The Balaban J connectivity index is 2.01. The lowest BCUT2D eigenvalue weighted by Crippen LogP contribution is -2.23. The summed E-state index contributed by atoms with van der Waals surface area (Å²) in [5.74, 6) is 0. The third-order valence-electron chi connectivity index (χ3n) is 1.70. The van der Waals surface area contributed by atoms with Gasteiger partial charge >= 0.3 is 0 Å². The Morgan fingerprint density at radius 3 is 3.17 bits per heavy atom. The first-order valence-corrected chi connectivity index (χ1v) is 4.17. The van der Waals surface area contributed by atoms with Crippen LogP contribution in [0.25, 0.3) is 10.4 Å². The van der Waals surface area contributed by atoms with Gasteiger partial charge in [0.2, 0.25) is 0 Å². The van der Waals surface area contributed by atoms with Crippen molar-refractivity contribution in [3.63, 3.8) is 0 Å². The number of hydrogen-bond acceptors (Lipinski definition) is 3. The fourth-order valence-corrected chi connectivity index (χ4v) is 1.11. The van der Waals surface area contributed by atoms with Crippen LogP contribution in [0.2, 0.25) is 0 Å². The highest BCUT2D eigenvalue weighted by Crippen LogP contribution is 2.13. The van der Waals surface area contributed by atoms with Gasteiger partial charge in [-0.3, -0.25) is 0 Å². The highest BCUT2D eigenvalue weighted by Gasteiger charge is 2.12. The lowest BCUT2D eigenvalue weighted by Gasteiger charge is -2.22. The molecule has 1 saturated heterocycles. The Hall–Kier alpha value is -0.770. The highest BCUT2D eigenvalue weighted by molar-refractivity contribution is 4.54. The lowest BCUT2D eigenvalue weighted by atomic mass is 10.2. The maximum atomic E-state index is 7.97. The molecule has 0 aromatic rings. The van der Waals surface area contributed by atoms with Crippen molar-refractivity contribution in [2.24, 2.45) is 5.11 Å². The first-order valence-electron chi connectivity index (χ1n) is 4.17. The first kappa shape index (κ1) is 9.32. The van der Waals surface area contributed by atoms with E-state index in [0.717, 1.165) is 25.9 Å². The van der Waals surface area contributed by atoms with Crippen LogP contribution in [-0.4, -0.2) is 26.0 Å². The van der Waals surface area contributed by atoms with Crippen LogP contribution in [0.4, 0.5) is 0 Å². The molecular formula is C7H13N3O2. The summed E-state index contributed by atoms with van der Waals surface area (Å²) < 4.78 is 10.6. The molecule has 1 aliphatic heterocycles. The lowest BCUT2D eigenvalue weighted by molar-refractivity contribution is -0.160. The molecule has 0 saturated carbocycles. The third-order valence-corrected chi connectivity index (χ3v) is 1.70. The van der Waals surface area contributed by atoms with E-state index in [1.54, 1.807) is 0 Å². The smallest absolute Gasteiger partial charge is 0.157 e. The van der Waals surface area contributed by atoms with Gasteiger partial charge in [-0.05, 0) is 24.8 Å². The van der Waals surface area contributed by atoms with Crippen molar-refractivity contribution < 1.29 is 9.47 Å². The minimum absolute atomic E-state index is 0.0763. The number of rotatable bonds is 4. The van der Waals surface area contributed by atoms with Crippen LogP contribution in [-0.2, 0) is 9.47 Å². The topological polar surface area (TPSA) is 67.2 Å². The van der Waals surface area contributed by atoms with E-state index in [-0.39, 0.29) is 6.29 Å². The van der Waals surface area contributed by atoms with Crippen molar-refractivity contribution >= 4 is 0 Å². The summed E-state index contributed by atoms with van der Waals surface area (Å²) in [5, 5.41) is 3.36. The van der Waals surface area contributed by atoms with Crippen LogP contribution >= 0.6 is 0 Å². The van der Waals surface area contributed by atoms with Crippen molar-refractivity contribution in [2.75, 3.05) is 19.8 Å². The van der Waals surface area contributed by atoms with Crippen LogP contribution < -0.4 is 0 Å². The normalized spacial score (nSPS) is 23.2. The predicted molar refractivity (Wildman–Crippen MR) is 43.6 cm³/mol. The zero-order valence-corrected chi connectivity index (χ0v) is 6.98. The molecule has 0 N–H and O–H groups in total. The molecule has 1 fully saturated rings. The molecule has 0 amide bonds. The van der Waals surface area contributed by atoms with Crippen molar-refractivity contribution in [1.29, 1.82) is 0 Å². The standard InChI is InChI=1S/C7H13N3O2/c8-10-9-4-6-12-7-3-1-2-5-11-7/h7H,1-6H2. The van der Waals surface area contributed by atoms with Crippen LogP contribution in [0, 0.1) is 0 Å². The van der Waals surface area contributed by atoms with Gasteiger partial charge in [-0.15, -0.1) is 0 Å². The van der Waals surface area contributed by atoms with E-state index < -0.39 is 0 Å². The summed E-state index contributed by atoms with van der Waals surface area (Å²) in [7, 11) is 0. The van der Waals surface area contributed by atoms with Crippen molar-refractivity contribution in [2.45, 2.75) is 25.6 Å². The Labute approximate surface area is 71.3 Å². The van der Waals surface area contributed by atoms with E-state index >= 15 is 0 Å². The van der Waals surface area contributed by atoms with Gasteiger partial charge in [0.15, 0.2) is 6.29 Å². The molecular weight excluding hydrogens is 158 g/mol. The molecule has 12 heavy (non-hydrogen) atoms. The molecule has 1 aliphatic rings. The molecule has 1 heterocycles. The van der Waals surface area contributed by atoms with Gasteiger partial charge in [-0.1, -0.05) is 5.11 Å². The largest absolute Gasteiger partial charge is 0.353 e. The molecule has 1 atom stereocenters. The van der Waals surface area contributed by atoms with E-state index in [1.165, 1.54) is 0 Å². The van der Waals surface area contributed by atoms with Crippen LogP contribution in [0.3, 0.4) is 0 Å². The van der Waals surface area contributed by atoms with E-state index in [0.29, 0.717) is 13.2 Å². The molecule has 0 bridgehead atoms.